The highest BCUT2D eigenvalue weighted by atomic mass is 79.9. The molecule has 2 aliphatic rings. The minimum atomic E-state index is -0.0889. The van der Waals surface area contributed by atoms with Crippen LogP contribution in [-0.2, 0) is 16.1 Å². The van der Waals surface area contributed by atoms with Gasteiger partial charge in [0.2, 0.25) is 23.7 Å². The van der Waals surface area contributed by atoms with Crippen LogP contribution >= 0.6 is 15.9 Å². The number of aryl methyl sites for hydroxylation is 1. The number of rotatable bonds is 9. The molecular formula is C40H49BrN12O2. The van der Waals surface area contributed by atoms with Crippen LogP contribution in [-0.4, -0.2) is 82.8 Å². The van der Waals surface area contributed by atoms with Crippen molar-refractivity contribution in [1.29, 1.82) is 0 Å². The lowest BCUT2D eigenvalue weighted by atomic mass is 9.97. The summed E-state index contributed by atoms with van der Waals surface area (Å²) in [6.07, 6.45) is 16.0. The number of H-pyrrole nitrogens is 1. The second-order valence-electron chi connectivity index (χ2n) is 13.5. The number of hydrogen-bond donors (Lipinski definition) is 3. The zero-order chi connectivity index (χ0) is 38.4. The first-order valence-electron chi connectivity index (χ1n) is 19.1. The fourth-order valence-electron chi connectivity index (χ4n) is 6.77. The molecule has 4 aromatic heterocycles. The van der Waals surface area contributed by atoms with Gasteiger partial charge in [-0.3, -0.25) is 30.2 Å². The number of fused-ring (bicyclic) bond motifs is 2. The largest absolute Gasteiger partial charge is 0.355 e. The van der Waals surface area contributed by atoms with Crippen LogP contribution in [0.2, 0.25) is 0 Å². The molecule has 3 N–H and O–H groups in total. The van der Waals surface area contributed by atoms with Gasteiger partial charge in [-0.1, -0.05) is 54.0 Å². The normalized spacial score (nSPS) is 16.8. The summed E-state index contributed by atoms with van der Waals surface area (Å²) < 4.78 is 2.09. The van der Waals surface area contributed by atoms with Crippen molar-refractivity contribution in [3.63, 3.8) is 0 Å². The number of nitrogens with one attached hydrogen (secondary N) is 3. The summed E-state index contributed by atoms with van der Waals surface area (Å²) in [5.41, 5.74) is 3.72. The SMILES string of the molecule is CCCBr.CCCn1c(NC(=O)[C@H]2CCCN(c3cnccn3)C2)nc2ccccc21.O=C(Nc1nc2ccccc2[nH]1)[C@H]1CCCN(c2cnccn2)C1. The van der Waals surface area contributed by atoms with Gasteiger partial charge in [0.25, 0.3) is 0 Å². The molecule has 2 atom stereocenters. The Balaban J connectivity index is 0.000000172. The molecule has 2 aromatic carbocycles. The van der Waals surface area contributed by atoms with E-state index in [-0.39, 0.29) is 23.7 Å². The highest BCUT2D eigenvalue weighted by Crippen LogP contribution is 2.25. The van der Waals surface area contributed by atoms with Gasteiger partial charge in [-0.05, 0) is 62.8 Å². The third-order valence-corrected chi connectivity index (χ3v) is 10.3. The zero-order valence-electron chi connectivity index (χ0n) is 31.4. The highest BCUT2D eigenvalue weighted by molar-refractivity contribution is 9.09. The minimum absolute atomic E-state index is 0.0114. The van der Waals surface area contributed by atoms with Crippen molar-refractivity contribution in [3.8, 4) is 0 Å². The van der Waals surface area contributed by atoms with Crippen LogP contribution in [0.3, 0.4) is 0 Å². The number of imidazole rings is 2. The molecule has 2 aliphatic heterocycles. The van der Waals surface area contributed by atoms with E-state index in [1.807, 2.05) is 48.5 Å². The molecule has 6 aromatic rings. The average molecular weight is 810 g/mol. The average Bonchev–Trinajstić information content (AvgIpc) is 3.82. The summed E-state index contributed by atoms with van der Waals surface area (Å²) in [5.74, 6) is 2.62. The number of piperidine rings is 2. The van der Waals surface area contributed by atoms with Gasteiger partial charge in [-0.2, -0.15) is 0 Å². The molecule has 15 heteroatoms. The van der Waals surface area contributed by atoms with Gasteiger partial charge >= 0.3 is 0 Å². The number of alkyl halides is 1. The van der Waals surface area contributed by atoms with E-state index < -0.39 is 0 Å². The maximum atomic E-state index is 13.0. The number of halogens is 1. The van der Waals surface area contributed by atoms with E-state index in [0.29, 0.717) is 25.0 Å². The van der Waals surface area contributed by atoms with E-state index in [4.69, 9.17) is 0 Å². The second-order valence-corrected chi connectivity index (χ2v) is 14.3. The summed E-state index contributed by atoms with van der Waals surface area (Å²) in [6, 6.07) is 15.7. The van der Waals surface area contributed by atoms with E-state index in [0.717, 1.165) is 90.8 Å². The molecule has 55 heavy (non-hydrogen) atoms. The van der Waals surface area contributed by atoms with E-state index in [9.17, 15) is 9.59 Å². The van der Waals surface area contributed by atoms with Gasteiger partial charge in [0.05, 0.1) is 46.3 Å². The van der Waals surface area contributed by atoms with Gasteiger partial charge in [0, 0.05) is 62.8 Å². The molecule has 0 bridgehead atoms. The monoisotopic (exact) mass is 808 g/mol. The van der Waals surface area contributed by atoms with Crippen LogP contribution in [0.15, 0.2) is 85.7 Å². The summed E-state index contributed by atoms with van der Waals surface area (Å²) in [4.78, 5) is 58.9. The lowest BCUT2D eigenvalue weighted by Crippen LogP contribution is -2.41. The predicted molar refractivity (Wildman–Crippen MR) is 221 cm³/mol. The third kappa shape index (κ3) is 10.4. The Morgan fingerprint density at radius 3 is 1.91 bits per heavy atom. The Labute approximate surface area is 329 Å². The minimum Gasteiger partial charge on any atom is -0.355 e. The summed E-state index contributed by atoms with van der Waals surface area (Å²) in [7, 11) is 0. The Kier molecular flexibility index (Phi) is 14.1. The molecule has 6 heterocycles. The molecule has 2 fully saturated rings. The molecule has 0 saturated carbocycles. The van der Waals surface area contributed by atoms with Gasteiger partial charge in [-0.15, -0.1) is 0 Å². The Morgan fingerprint density at radius 2 is 1.35 bits per heavy atom. The molecule has 288 valence electrons. The maximum Gasteiger partial charge on any atom is 0.231 e. The van der Waals surface area contributed by atoms with Crippen LogP contribution in [0.4, 0.5) is 23.5 Å². The van der Waals surface area contributed by atoms with Gasteiger partial charge < -0.3 is 19.4 Å². The number of amides is 2. The van der Waals surface area contributed by atoms with E-state index >= 15 is 0 Å². The lowest BCUT2D eigenvalue weighted by molar-refractivity contribution is -0.120. The number of para-hydroxylation sites is 4. The van der Waals surface area contributed by atoms with E-state index in [1.165, 1.54) is 6.42 Å². The Bertz CT molecular complexity index is 2070. The lowest BCUT2D eigenvalue weighted by Gasteiger charge is -2.32. The van der Waals surface area contributed by atoms with Crippen molar-refractivity contribution < 1.29 is 9.59 Å². The highest BCUT2D eigenvalue weighted by Gasteiger charge is 2.29. The zero-order valence-corrected chi connectivity index (χ0v) is 33.0. The van der Waals surface area contributed by atoms with Crippen LogP contribution in [0.25, 0.3) is 22.1 Å². The van der Waals surface area contributed by atoms with Crippen LogP contribution in [0.1, 0.15) is 52.4 Å². The number of aromatic nitrogens is 8. The second kappa shape index (κ2) is 19.8. The number of hydrogen-bond acceptors (Lipinski definition) is 10. The van der Waals surface area contributed by atoms with Crippen molar-refractivity contribution in [3.05, 3.63) is 85.7 Å². The molecular weight excluding hydrogens is 760 g/mol. The van der Waals surface area contributed by atoms with Crippen molar-refractivity contribution in [2.45, 2.75) is 58.9 Å². The number of carbonyl (C=O) groups excluding carboxylic acids is 2. The summed E-state index contributed by atoms with van der Waals surface area (Å²) in [6.45, 7) is 8.18. The molecule has 8 rings (SSSR count). The first-order chi connectivity index (χ1) is 27.0. The molecule has 14 nitrogen and oxygen atoms in total. The molecule has 2 amide bonds. The van der Waals surface area contributed by atoms with E-state index in [2.05, 4.69) is 89.7 Å². The number of anilines is 4. The van der Waals surface area contributed by atoms with Crippen LogP contribution in [0, 0.1) is 11.8 Å². The molecule has 0 unspecified atom stereocenters. The number of benzene rings is 2. The topological polar surface area (TPSA) is 163 Å². The van der Waals surface area contributed by atoms with Crippen molar-refractivity contribution in [2.75, 3.05) is 51.9 Å². The molecule has 2 saturated heterocycles. The number of carbonyl (C=O) groups is 2. The molecule has 0 radical (unpaired) electrons. The maximum absolute atomic E-state index is 13.0. The number of aromatic amines is 1. The fraction of sp³-hybridized carbons (Fsp3) is 0.400. The van der Waals surface area contributed by atoms with Gasteiger partial charge in [-0.25, -0.2) is 19.9 Å². The van der Waals surface area contributed by atoms with Crippen molar-refractivity contribution in [2.24, 2.45) is 11.8 Å². The fourth-order valence-corrected chi connectivity index (χ4v) is 6.77. The third-order valence-electron chi connectivity index (χ3n) is 9.49. The van der Waals surface area contributed by atoms with Crippen LogP contribution < -0.4 is 20.4 Å². The van der Waals surface area contributed by atoms with E-state index in [1.54, 1.807) is 37.2 Å². The van der Waals surface area contributed by atoms with Crippen molar-refractivity contribution in [1.82, 2.24) is 39.5 Å². The molecule has 0 spiro atoms. The summed E-state index contributed by atoms with van der Waals surface area (Å²) >= 11 is 3.25. The van der Waals surface area contributed by atoms with Crippen molar-refractivity contribution >= 4 is 73.3 Å². The first kappa shape index (κ1) is 39.3. The first-order valence-corrected chi connectivity index (χ1v) is 20.2. The standard InChI is InChI=1S/C20H24N6O.C17H18N6O.C3H7Br/c1-2-11-26-17-8-4-3-7-16(17)23-20(26)24-19(27)15-6-5-12-25(14-15)18-13-21-9-10-22-18;24-16(22-17-20-13-5-1-2-6-14(13)21-17)12-4-3-9-23(11-12)15-10-18-7-8-19-15;1-2-3-4/h3-4,7-10,13,15H,2,5-6,11-12,14H2,1H3,(H,23,24,27);1-2,5-8,10,12H,3-4,9,11H2,(H2,20,21,22,24);2-3H2,1H3/t15-;12-;/m00./s1. The van der Waals surface area contributed by atoms with Crippen LogP contribution in [0.5, 0.6) is 0 Å². The Hall–Kier alpha value is -5.44. The predicted octanol–water partition coefficient (Wildman–Crippen LogP) is 7.09. The Morgan fingerprint density at radius 1 is 0.764 bits per heavy atom. The summed E-state index contributed by atoms with van der Waals surface area (Å²) in [5, 5.41) is 7.11. The smallest absolute Gasteiger partial charge is 0.231 e. The molecule has 0 aliphatic carbocycles. The quantitative estimate of drug-likeness (QED) is 0.129. The van der Waals surface area contributed by atoms with Gasteiger partial charge in [0.1, 0.15) is 11.6 Å². The number of nitrogens with zero attached hydrogens (tertiary/aromatic N) is 9. The van der Waals surface area contributed by atoms with Gasteiger partial charge in [0.15, 0.2) is 0 Å².